The number of halogens is 3. The molecule has 0 aliphatic heterocycles. The lowest BCUT2D eigenvalue weighted by Crippen LogP contribution is -2.20. The summed E-state index contributed by atoms with van der Waals surface area (Å²) < 4.78 is 66.8. The number of pyridine rings is 1. The molecular formula is C8H9F3N2O4S. The third kappa shape index (κ3) is 3.47. The Hall–Kier alpha value is -1.55. The summed E-state index contributed by atoms with van der Waals surface area (Å²) in [6, 6.07) is 0.550. The lowest BCUT2D eigenvalue weighted by Gasteiger charge is -2.14. The van der Waals surface area contributed by atoms with Crippen LogP contribution in [0.1, 0.15) is 5.69 Å². The molecule has 1 aromatic rings. The predicted molar refractivity (Wildman–Crippen MR) is 53.6 cm³/mol. The maximum absolute atomic E-state index is 12.1. The van der Waals surface area contributed by atoms with Crippen molar-refractivity contribution in [1.82, 2.24) is 4.98 Å². The standard InChI is InChI=1S/C8H9F3N2O4S/c1-4-7(16-2)5(17-8(9,10)11)3-6(13-4)18(12,14)15/h3H,1-2H3,(H2,12,14,15). The molecule has 1 rings (SSSR count). The number of methoxy groups -OCH3 is 1. The van der Waals surface area contributed by atoms with E-state index in [9.17, 15) is 21.6 Å². The summed E-state index contributed by atoms with van der Waals surface area (Å²) in [4.78, 5) is 3.52. The monoisotopic (exact) mass is 286 g/mol. The maximum atomic E-state index is 12.1. The fourth-order valence-corrected chi connectivity index (χ4v) is 1.73. The number of hydrogen-bond acceptors (Lipinski definition) is 5. The lowest BCUT2D eigenvalue weighted by atomic mass is 10.3. The van der Waals surface area contributed by atoms with Gasteiger partial charge in [-0.05, 0) is 6.92 Å². The Labute approximate surface area is 101 Å². The van der Waals surface area contributed by atoms with Crippen molar-refractivity contribution in [2.45, 2.75) is 18.3 Å². The van der Waals surface area contributed by atoms with E-state index in [1.807, 2.05) is 0 Å². The maximum Gasteiger partial charge on any atom is 0.573 e. The van der Waals surface area contributed by atoms with E-state index in [1.165, 1.54) is 6.92 Å². The SMILES string of the molecule is COc1c(OC(F)(F)F)cc(S(N)(=O)=O)nc1C. The number of aryl methyl sites for hydroxylation is 1. The van der Waals surface area contributed by atoms with Crippen molar-refractivity contribution in [2.24, 2.45) is 5.14 Å². The highest BCUT2D eigenvalue weighted by molar-refractivity contribution is 7.89. The highest BCUT2D eigenvalue weighted by Gasteiger charge is 2.33. The topological polar surface area (TPSA) is 91.5 Å². The summed E-state index contributed by atoms with van der Waals surface area (Å²) in [5.74, 6) is -1.14. The van der Waals surface area contributed by atoms with Crippen LogP contribution in [-0.4, -0.2) is 26.9 Å². The van der Waals surface area contributed by atoms with Gasteiger partial charge in [0.15, 0.2) is 16.5 Å². The second kappa shape index (κ2) is 4.61. The minimum atomic E-state index is -4.99. The molecule has 0 amide bonds. The first-order valence-corrected chi connectivity index (χ1v) is 5.93. The molecule has 1 aromatic heterocycles. The number of primary sulfonamides is 1. The number of rotatable bonds is 3. The van der Waals surface area contributed by atoms with Gasteiger partial charge in [-0.3, -0.25) is 0 Å². The number of sulfonamides is 1. The first-order chi connectivity index (χ1) is 8.04. The van der Waals surface area contributed by atoms with Crippen molar-refractivity contribution in [2.75, 3.05) is 7.11 Å². The van der Waals surface area contributed by atoms with E-state index in [1.54, 1.807) is 0 Å². The Morgan fingerprint density at radius 3 is 2.33 bits per heavy atom. The van der Waals surface area contributed by atoms with Crippen LogP contribution >= 0.6 is 0 Å². The highest BCUT2D eigenvalue weighted by Crippen LogP contribution is 2.35. The smallest absolute Gasteiger partial charge is 0.491 e. The van der Waals surface area contributed by atoms with Crippen LogP contribution in [-0.2, 0) is 10.0 Å². The van der Waals surface area contributed by atoms with Crippen LogP contribution in [0.5, 0.6) is 11.5 Å². The van der Waals surface area contributed by atoms with Gasteiger partial charge in [0.05, 0.1) is 12.8 Å². The molecule has 0 saturated carbocycles. The van der Waals surface area contributed by atoms with E-state index >= 15 is 0 Å². The Kier molecular flexibility index (Phi) is 3.72. The van der Waals surface area contributed by atoms with Gasteiger partial charge >= 0.3 is 6.36 Å². The van der Waals surface area contributed by atoms with Crippen LogP contribution < -0.4 is 14.6 Å². The number of nitrogens with two attached hydrogens (primary N) is 1. The van der Waals surface area contributed by atoms with Crippen molar-refractivity contribution in [1.29, 1.82) is 0 Å². The van der Waals surface area contributed by atoms with Crippen molar-refractivity contribution >= 4 is 10.0 Å². The van der Waals surface area contributed by atoms with Gasteiger partial charge in [0.2, 0.25) is 0 Å². The van der Waals surface area contributed by atoms with Crippen LogP contribution in [0.2, 0.25) is 0 Å². The molecule has 0 spiro atoms. The van der Waals surface area contributed by atoms with Gasteiger partial charge in [-0.25, -0.2) is 18.5 Å². The molecule has 0 fully saturated rings. The van der Waals surface area contributed by atoms with E-state index in [0.717, 1.165) is 7.11 Å². The number of aromatic nitrogens is 1. The van der Waals surface area contributed by atoms with Crippen molar-refractivity contribution in [3.63, 3.8) is 0 Å². The number of ether oxygens (including phenoxy) is 2. The fourth-order valence-electron chi connectivity index (χ4n) is 1.20. The Balaban J connectivity index is 3.42. The molecule has 102 valence electrons. The minimum Gasteiger partial charge on any atom is -0.491 e. The van der Waals surface area contributed by atoms with E-state index < -0.39 is 27.2 Å². The van der Waals surface area contributed by atoms with E-state index in [4.69, 9.17) is 5.14 Å². The van der Waals surface area contributed by atoms with Gasteiger partial charge in [0, 0.05) is 6.07 Å². The van der Waals surface area contributed by atoms with Gasteiger partial charge in [-0.1, -0.05) is 0 Å². The number of hydrogen-bond donors (Lipinski definition) is 1. The average molecular weight is 286 g/mol. The molecule has 0 aromatic carbocycles. The van der Waals surface area contributed by atoms with Gasteiger partial charge in [0.1, 0.15) is 0 Å². The van der Waals surface area contributed by atoms with Gasteiger partial charge in [0.25, 0.3) is 10.0 Å². The molecule has 18 heavy (non-hydrogen) atoms. The summed E-state index contributed by atoms with van der Waals surface area (Å²) in [6.07, 6.45) is -4.99. The fraction of sp³-hybridized carbons (Fsp3) is 0.375. The predicted octanol–water partition coefficient (Wildman–Crippen LogP) is 0.945. The summed E-state index contributed by atoms with van der Waals surface area (Å²) >= 11 is 0. The largest absolute Gasteiger partial charge is 0.573 e. The molecule has 2 N–H and O–H groups in total. The molecule has 1 heterocycles. The molecular weight excluding hydrogens is 277 g/mol. The quantitative estimate of drug-likeness (QED) is 0.893. The third-order valence-electron chi connectivity index (χ3n) is 1.81. The lowest BCUT2D eigenvalue weighted by molar-refractivity contribution is -0.275. The average Bonchev–Trinajstić information content (AvgIpc) is 2.13. The summed E-state index contributed by atoms with van der Waals surface area (Å²) in [5, 5.41) is 4.05. The van der Waals surface area contributed by atoms with Crippen LogP contribution in [0.15, 0.2) is 11.1 Å². The van der Waals surface area contributed by atoms with Gasteiger partial charge in [-0.2, -0.15) is 0 Å². The number of nitrogens with zero attached hydrogens (tertiary/aromatic N) is 1. The van der Waals surface area contributed by atoms with E-state index in [-0.39, 0.29) is 11.4 Å². The first kappa shape index (κ1) is 14.5. The molecule has 0 bridgehead atoms. The zero-order chi connectivity index (χ0) is 14.1. The molecule has 6 nitrogen and oxygen atoms in total. The second-order valence-corrected chi connectivity index (χ2v) is 4.68. The number of alkyl halides is 3. The van der Waals surface area contributed by atoms with Gasteiger partial charge in [-0.15, -0.1) is 13.2 Å². The molecule has 0 atom stereocenters. The van der Waals surface area contributed by atoms with E-state index in [0.29, 0.717) is 6.07 Å². The zero-order valence-electron chi connectivity index (χ0n) is 9.28. The minimum absolute atomic E-state index is 0.0942. The van der Waals surface area contributed by atoms with Gasteiger partial charge < -0.3 is 9.47 Å². The molecule has 0 aliphatic carbocycles. The molecule has 10 heteroatoms. The van der Waals surface area contributed by atoms with Crippen molar-refractivity contribution in [3.8, 4) is 11.5 Å². The van der Waals surface area contributed by atoms with E-state index in [2.05, 4.69) is 14.5 Å². The Bertz CT molecular complexity index is 556. The molecule has 0 unspecified atom stereocenters. The normalized spacial score (nSPS) is 12.3. The molecule has 0 radical (unpaired) electrons. The van der Waals surface area contributed by atoms with Crippen molar-refractivity contribution < 1.29 is 31.1 Å². The highest BCUT2D eigenvalue weighted by atomic mass is 32.2. The summed E-state index contributed by atoms with van der Waals surface area (Å²) in [7, 11) is -3.14. The Morgan fingerprint density at radius 2 is 1.94 bits per heavy atom. The zero-order valence-corrected chi connectivity index (χ0v) is 10.1. The molecule has 0 aliphatic rings. The molecule has 0 saturated heterocycles. The van der Waals surface area contributed by atoms with Crippen molar-refractivity contribution in [3.05, 3.63) is 11.8 Å². The summed E-state index contributed by atoms with van der Waals surface area (Å²) in [6.45, 7) is 1.26. The Morgan fingerprint density at radius 1 is 1.39 bits per heavy atom. The van der Waals surface area contributed by atoms with Crippen LogP contribution in [0, 0.1) is 6.92 Å². The van der Waals surface area contributed by atoms with Crippen LogP contribution in [0.25, 0.3) is 0 Å². The van der Waals surface area contributed by atoms with Crippen LogP contribution in [0.3, 0.4) is 0 Å². The summed E-state index contributed by atoms with van der Waals surface area (Å²) in [5.41, 5.74) is -0.0942. The second-order valence-electron chi connectivity index (χ2n) is 3.17. The third-order valence-corrected chi connectivity index (χ3v) is 2.60. The van der Waals surface area contributed by atoms with Crippen LogP contribution in [0.4, 0.5) is 13.2 Å². The first-order valence-electron chi connectivity index (χ1n) is 4.39.